The van der Waals surface area contributed by atoms with Crippen LogP contribution in [0.15, 0.2) is 4.79 Å². The average Bonchev–Trinajstić information content (AvgIpc) is 2.67. The Morgan fingerprint density at radius 3 is 3.00 bits per heavy atom. The molecule has 84 valence electrons. The van der Waals surface area contributed by atoms with Crippen molar-refractivity contribution in [1.29, 1.82) is 0 Å². The van der Waals surface area contributed by atoms with E-state index in [0.717, 1.165) is 4.52 Å². The fraction of sp³-hybridized carbons (Fsp3) is 0.286. The van der Waals surface area contributed by atoms with Gasteiger partial charge in [0.2, 0.25) is 11.9 Å². The summed E-state index contributed by atoms with van der Waals surface area (Å²) in [5.41, 5.74) is -0.139. The minimum Gasteiger partial charge on any atom is -0.294 e. The Morgan fingerprint density at radius 2 is 2.31 bits per heavy atom. The van der Waals surface area contributed by atoms with Crippen molar-refractivity contribution in [2.45, 2.75) is 6.92 Å². The minimum atomic E-state index is -0.432. The van der Waals surface area contributed by atoms with Crippen LogP contribution in [0.2, 0.25) is 0 Å². The molecule has 1 amide bonds. The van der Waals surface area contributed by atoms with Crippen molar-refractivity contribution in [3.8, 4) is 0 Å². The van der Waals surface area contributed by atoms with Crippen molar-refractivity contribution in [3.05, 3.63) is 16.0 Å². The molecule has 0 aliphatic rings. The Labute approximate surface area is 93.6 Å². The number of anilines is 1. The van der Waals surface area contributed by atoms with Crippen LogP contribution >= 0.6 is 11.6 Å². The second kappa shape index (κ2) is 3.89. The summed E-state index contributed by atoms with van der Waals surface area (Å²) in [6, 6.07) is 0. The van der Waals surface area contributed by atoms with Gasteiger partial charge in [0.05, 0.1) is 0 Å². The molecule has 0 aliphatic carbocycles. The molecule has 8 nitrogen and oxygen atoms in total. The molecule has 2 heterocycles. The second-order valence-electron chi connectivity index (χ2n) is 2.98. The number of nitrogens with zero attached hydrogens (tertiary/aromatic N) is 4. The number of fused-ring (bicyclic) bond motifs is 1. The minimum absolute atomic E-state index is 0.0838. The molecule has 16 heavy (non-hydrogen) atoms. The molecule has 2 rings (SSSR count). The summed E-state index contributed by atoms with van der Waals surface area (Å²) in [6.07, 6.45) is 0. The standard InChI is InChI=1S/C7H7ClN6O2/c1-3-5(16)14-7(12-11-3)10-6(13-14)9-4(15)2-8/h2H2,1H3,(H2,9,10,12,13,15). The lowest BCUT2D eigenvalue weighted by Gasteiger charge is -1.94. The first-order valence-corrected chi connectivity index (χ1v) is 4.83. The van der Waals surface area contributed by atoms with Crippen molar-refractivity contribution in [3.63, 3.8) is 0 Å². The van der Waals surface area contributed by atoms with Gasteiger partial charge in [-0.05, 0) is 6.92 Å². The van der Waals surface area contributed by atoms with E-state index in [2.05, 4.69) is 25.6 Å². The quantitative estimate of drug-likeness (QED) is 0.678. The van der Waals surface area contributed by atoms with Crippen LogP contribution in [-0.2, 0) is 4.79 Å². The molecule has 0 unspecified atom stereocenters. The molecule has 0 saturated carbocycles. The van der Waals surface area contributed by atoms with E-state index in [0.29, 0.717) is 0 Å². The lowest BCUT2D eigenvalue weighted by atomic mass is 10.5. The van der Waals surface area contributed by atoms with E-state index in [1.165, 1.54) is 6.92 Å². The highest BCUT2D eigenvalue weighted by molar-refractivity contribution is 6.28. The van der Waals surface area contributed by atoms with Crippen molar-refractivity contribution >= 4 is 29.2 Å². The lowest BCUT2D eigenvalue weighted by Crippen LogP contribution is -2.20. The number of carbonyl (C=O) groups is 1. The first-order valence-electron chi connectivity index (χ1n) is 4.29. The largest absolute Gasteiger partial charge is 0.295 e. The SMILES string of the molecule is Cc1nnc2nc(NC(=O)CCl)[nH]n2c1=O. The summed E-state index contributed by atoms with van der Waals surface area (Å²) in [5.74, 6) is -0.446. The average molecular weight is 243 g/mol. The van der Waals surface area contributed by atoms with Gasteiger partial charge in [-0.25, -0.2) is 0 Å². The van der Waals surface area contributed by atoms with Crippen LogP contribution in [-0.4, -0.2) is 36.6 Å². The maximum Gasteiger partial charge on any atom is 0.295 e. The zero-order chi connectivity index (χ0) is 11.7. The monoisotopic (exact) mass is 242 g/mol. The summed E-state index contributed by atoms with van der Waals surface area (Å²) in [4.78, 5) is 26.4. The number of H-pyrrole nitrogens is 1. The van der Waals surface area contributed by atoms with Gasteiger partial charge in [-0.3, -0.25) is 20.0 Å². The Bertz CT molecular complexity index is 602. The lowest BCUT2D eigenvalue weighted by molar-refractivity contribution is -0.114. The van der Waals surface area contributed by atoms with Crippen LogP contribution in [0.3, 0.4) is 0 Å². The fourth-order valence-electron chi connectivity index (χ4n) is 1.09. The van der Waals surface area contributed by atoms with Gasteiger partial charge in [-0.2, -0.15) is 9.50 Å². The molecule has 0 aromatic carbocycles. The van der Waals surface area contributed by atoms with E-state index < -0.39 is 5.91 Å². The van der Waals surface area contributed by atoms with Crippen molar-refractivity contribution < 1.29 is 4.79 Å². The maximum absolute atomic E-state index is 11.5. The predicted molar refractivity (Wildman–Crippen MR) is 55.5 cm³/mol. The van der Waals surface area contributed by atoms with E-state index in [1.54, 1.807) is 0 Å². The van der Waals surface area contributed by atoms with E-state index >= 15 is 0 Å². The zero-order valence-electron chi connectivity index (χ0n) is 8.19. The Hall–Kier alpha value is -1.96. The Balaban J connectivity index is 2.48. The summed E-state index contributed by atoms with van der Waals surface area (Å²) in [7, 11) is 0. The number of aromatic amines is 1. The van der Waals surface area contributed by atoms with Gasteiger partial charge < -0.3 is 0 Å². The molecule has 0 radical (unpaired) electrons. The number of aromatic nitrogens is 5. The number of aryl methyl sites for hydroxylation is 1. The van der Waals surface area contributed by atoms with Crippen molar-refractivity contribution in [2.24, 2.45) is 0 Å². The van der Waals surface area contributed by atoms with Crippen LogP contribution in [0.4, 0.5) is 5.95 Å². The topological polar surface area (TPSA) is 105 Å². The molecule has 0 spiro atoms. The molecule has 0 saturated heterocycles. The highest BCUT2D eigenvalue weighted by atomic mass is 35.5. The second-order valence-corrected chi connectivity index (χ2v) is 3.25. The molecule has 0 fully saturated rings. The first kappa shape index (κ1) is 10.6. The molecular formula is C7H7ClN6O2. The molecular weight excluding hydrogens is 236 g/mol. The Kier molecular flexibility index (Phi) is 2.57. The van der Waals surface area contributed by atoms with Gasteiger partial charge >= 0.3 is 0 Å². The highest BCUT2D eigenvalue weighted by Crippen LogP contribution is 1.99. The van der Waals surface area contributed by atoms with Crippen LogP contribution in [0.25, 0.3) is 5.78 Å². The summed E-state index contributed by atoms with van der Waals surface area (Å²) < 4.78 is 1.09. The van der Waals surface area contributed by atoms with Crippen LogP contribution in [0.5, 0.6) is 0 Å². The maximum atomic E-state index is 11.5. The summed E-state index contributed by atoms with van der Waals surface area (Å²) in [5, 5.41) is 12.2. The fourth-order valence-corrected chi connectivity index (χ4v) is 1.15. The first-order chi connectivity index (χ1) is 7.61. The number of carbonyl (C=O) groups excluding carboxylic acids is 1. The van der Waals surface area contributed by atoms with Crippen molar-refractivity contribution in [1.82, 2.24) is 24.8 Å². The molecule has 0 aliphatic heterocycles. The molecule has 0 bridgehead atoms. The van der Waals surface area contributed by atoms with Gasteiger partial charge in [0.1, 0.15) is 11.6 Å². The number of hydrogen-bond acceptors (Lipinski definition) is 5. The predicted octanol–water partition coefficient (Wildman–Crippen LogP) is -0.702. The molecule has 0 atom stereocenters. The molecule has 2 aromatic heterocycles. The van der Waals surface area contributed by atoms with Gasteiger partial charge in [-0.1, -0.05) is 0 Å². The van der Waals surface area contributed by atoms with Gasteiger partial charge in [0.25, 0.3) is 11.3 Å². The van der Waals surface area contributed by atoms with E-state index in [-0.39, 0.29) is 28.9 Å². The third kappa shape index (κ3) is 1.74. The van der Waals surface area contributed by atoms with E-state index in [9.17, 15) is 9.59 Å². The molecule has 9 heteroatoms. The third-order valence-electron chi connectivity index (χ3n) is 1.81. The highest BCUT2D eigenvalue weighted by Gasteiger charge is 2.09. The van der Waals surface area contributed by atoms with Gasteiger partial charge in [0, 0.05) is 0 Å². The number of hydrogen-bond donors (Lipinski definition) is 2. The normalized spacial score (nSPS) is 10.6. The number of alkyl halides is 1. The number of halogens is 1. The van der Waals surface area contributed by atoms with Crippen LogP contribution in [0.1, 0.15) is 5.69 Å². The third-order valence-corrected chi connectivity index (χ3v) is 2.05. The van der Waals surface area contributed by atoms with Crippen molar-refractivity contribution in [2.75, 3.05) is 11.2 Å². The van der Waals surface area contributed by atoms with Gasteiger partial charge in [-0.15, -0.1) is 21.8 Å². The zero-order valence-corrected chi connectivity index (χ0v) is 8.95. The summed E-state index contributed by atoms with van der Waals surface area (Å²) in [6.45, 7) is 1.53. The number of nitrogens with one attached hydrogen (secondary N) is 2. The van der Waals surface area contributed by atoms with E-state index in [4.69, 9.17) is 11.6 Å². The number of rotatable bonds is 2. The van der Waals surface area contributed by atoms with E-state index in [1.807, 2.05) is 0 Å². The smallest absolute Gasteiger partial charge is 0.294 e. The molecule has 2 aromatic rings. The summed E-state index contributed by atoms with van der Waals surface area (Å²) >= 11 is 5.31. The molecule has 2 N–H and O–H groups in total. The van der Waals surface area contributed by atoms with Gasteiger partial charge in [0.15, 0.2) is 0 Å². The Morgan fingerprint density at radius 1 is 1.56 bits per heavy atom. The van der Waals surface area contributed by atoms with Crippen LogP contribution < -0.4 is 10.9 Å². The number of amides is 1. The van der Waals surface area contributed by atoms with Crippen LogP contribution in [0, 0.1) is 6.92 Å².